The second-order valence-corrected chi connectivity index (χ2v) is 9.54. The first-order valence-electron chi connectivity index (χ1n) is 13.2. The molecule has 4 rings (SSSR count). The van der Waals surface area contributed by atoms with Gasteiger partial charge in [0.1, 0.15) is 5.82 Å². The van der Waals surface area contributed by atoms with Gasteiger partial charge in [-0.2, -0.15) is 0 Å². The molecule has 0 radical (unpaired) electrons. The fourth-order valence-electron chi connectivity index (χ4n) is 4.64. The van der Waals surface area contributed by atoms with Crippen molar-refractivity contribution in [3.05, 3.63) is 106 Å². The maximum absolute atomic E-state index is 13.8. The van der Waals surface area contributed by atoms with E-state index in [0.717, 1.165) is 42.5 Å². The van der Waals surface area contributed by atoms with Crippen LogP contribution in [-0.4, -0.2) is 27.0 Å². The van der Waals surface area contributed by atoms with Gasteiger partial charge < -0.3 is 10.2 Å². The Balaban J connectivity index is 1.74. The number of carbonyl (C=O) groups excluding carboxylic acids is 1. The number of amides is 2. The molecule has 0 aliphatic heterocycles. The van der Waals surface area contributed by atoms with E-state index in [1.807, 2.05) is 91.5 Å². The van der Waals surface area contributed by atoms with E-state index in [0.29, 0.717) is 29.8 Å². The summed E-state index contributed by atoms with van der Waals surface area (Å²) in [6.45, 7) is 7.16. The number of aromatic nitrogens is 2. The van der Waals surface area contributed by atoms with Crippen LogP contribution in [0.3, 0.4) is 0 Å². The van der Waals surface area contributed by atoms with Crippen LogP contribution in [0.1, 0.15) is 62.5 Å². The number of para-hydroxylation sites is 1. The Morgan fingerprint density at radius 1 is 0.973 bits per heavy atom. The molecule has 0 spiro atoms. The van der Waals surface area contributed by atoms with Crippen molar-refractivity contribution in [1.29, 1.82) is 0 Å². The quantitative estimate of drug-likeness (QED) is 0.253. The minimum atomic E-state index is -0.421. The number of urea groups is 1. The highest BCUT2D eigenvalue weighted by Gasteiger charge is 2.26. The minimum absolute atomic E-state index is 0.131. The van der Waals surface area contributed by atoms with E-state index >= 15 is 0 Å². The Kier molecular flexibility index (Phi) is 8.72. The Labute approximate surface area is 219 Å². The third-order valence-electron chi connectivity index (χ3n) is 6.70. The Bertz CT molecular complexity index is 1400. The molecule has 6 nitrogen and oxygen atoms in total. The number of fused-ring (bicyclic) bond motifs is 1. The fourth-order valence-corrected chi connectivity index (χ4v) is 4.64. The third-order valence-corrected chi connectivity index (χ3v) is 6.70. The Morgan fingerprint density at radius 2 is 1.73 bits per heavy atom. The van der Waals surface area contributed by atoms with Crippen molar-refractivity contribution < 1.29 is 4.79 Å². The number of nitrogens with one attached hydrogen (secondary N) is 1. The summed E-state index contributed by atoms with van der Waals surface area (Å²) in [4.78, 5) is 34.1. The summed E-state index contributed by atoms with van der Waals surface area (Å²) in [5.41, 5.74) is 3.34. The van der Waals surface area contributed by atoms with Crippen LogP contribution in [0, 0.1) is 6.92 Å². The van der Waals surface area contributed by atoms with E-state index in [9.17, 15) is 9.59 Å². The molecule has 0 saturated heterocycles. The first kappa shape index (κ1) is 26.1. The van der Waals surface area contributed by atoms with Crippen molar-refractivity contribution in [2.45, 2.75) is 59.0 Å². The number of hydrogen-bond acceptors (Lipinski definition) is 3. The number of unbranched alkanes of at least 4 members (excludes halogenated alkanes) is 3. The normalized spacial score (nSPS) is 11.9. The van der Waals surface area contributed by atoms with E-state index < -0.39 is 6.04 Å². The van der Waals surface area contributed by atoms with E-state index in [1.165, 1.54) is 0 Å². The lowest BCUT2D eigenvalue weighted by Crippen LogP contribution is -2.43. The number of hydrogen-bond donors (Lipinski definition) is 1. The molecule has 4 aromatic rings. The first-order chi connectivity index (χ1) is 18.0. The molecular formula is C31H36N4O2. The summed E-state index contributed by atoms with van der Waals surface area (Å²) < 4.78 is 1.67. The molecule has 1 atom stereocenters. The lowest BCUT2D eigenvalue weighted by atomic mass is 10.1. The predicted octanol–water partition coefficient (Wildman–Crippen LogP) is 6.55. The lowest BCUT2D eigenvalue weighted by molar-refractivity contribution is 0.173. The highest BCUT2D eigenvalue weighted by Crippen LogP contribution is 2.24. The van der Waals surface area contributed by atoms with Gasteiger partial charge in [-0.25, -0.2) is 9.78 Å². The summed E-state index contributed by atoms with van der Waals surface area (Å²) in [6.07, 6.45) is 4.17. The van der Waals surface area contributed by atoms with Gasteiger partial charge in [0, 0.05) is 13.1 Å². The average molecular weight is 497 g/mol. The van der Waals surface area contributed by atoms with Gasteiger partial charge in [-0.15, -0.1) is 0 Å². The molecule has 0 fully saturated rings. The van der Waals surface area contributed by atoms with Gasteiger partial charge >= 0.3 is 6.03 Å². The molecular weight excluding hydrogens is 460 g/mol. The van der Waals surface area contributed by atoms with Gasteiger partial charge in [0.2, 0.25) is 0 Å². The van der Waals surface area contributed by atoms with Gasteiger partial charge in [0.15, 0.2) is 0 Å². The number of benzene rings is 3. The summed E-state index contributed by atoms with van der Waals surface area (Å²) in [6, 6.07) is 24.5. The van der Waals surface area contributed by atoms with Gasteiger partial charge in [0.05, 0.1) is 22.6 Å². The standard InChI is InChI=1S/C31H36N4O2/c1-4-5-6-12-20-34(31(37)32-22-25-15-8-7-9-16-25)24(3)29-33-28-19-11-10-18-27(28)30(36)35(29)26-17-13-14-23(2)21-26/h7-11,13-19,21,24H,4-6,12,20,22H2,1-3H3,(H,32,37). The SMILES string of the molecule is CCCCCCN(C(=O)NCc1ccccc1)C(C)c1nc2ccccc2c(=O)n1-c1cccc(C)c1. The van der Waals surface area contributed by atoms with Crippen molar-refractivity contribution in [3.8, 4) is 5.69 Å². The predicted molar refractivity (Wildman–Crippen MR) is 150 cm³/mol. The maximum atomic E-state index is 13.8. The number of carbonyl (C=O) groups is 1. The molecule has 0 aliphatic rings. The van der Waals surface area contributed by atoms with E-state index in [-0.39, 0.29) is 11.6 Å². The van der Waals surface area contributed by atoms with Crippen molar-refractivity contribution in [2.75, 3.05) is 6.54 Å². The van der Waals surface area contributed by atoms with E-state index in [1.54, 1.807) is 10.6 Å². The second-order valence-electron chi connectivity index (χ2n) is 9.54. The number of rotatable bonds is 10. The summed E-state index contributed by atoms with van der Waals surface area (Å²) >= 11 is 0. The topological polar surface area (TPSA) is 67.2 Å². The molecule has 3 aromatic carbocycles. The largest absolute Gasteiger partial charge is 0.334 e. The molecule has 37 heavy (non-hydrogen) atoms. The fraction of sp³-hybridized carbons (Fsp3) is 0.323. The monoisotopic (exact) mass is 496 g/mol. The zero-order chi connectivity index (χ0) is 26.2. The lowest BCUT2D eigenvalue weighted by Gasteiger charge is -2.31. The van der Waals surface area contributed by atoms with Crippen molar-refractivity contribution in [1.82, 2.24) is 19.8 Å². The van der Waals surface area contributed by atoms with Crippen molar-refractivity contribution >= 4 is 16.9 Å². The molecule has 0 aliphatic carbocycles. The maximum Gasteiger partial charge on any atom is 0.318 e. The first-order valence-corrected chi connectivity index (χ1v) is 13.2. The van der Waals surface area contributed by atoms with Gasteiger partial charge in [-0.3, -0.25) is 9.36 Å². The molecule has 0 saturated carbocycles. The van der Waals surface area contributed by atoms with Gasteiger partial charge in [0.25, 0.3) is 5.56 Å². The van der Waals surface area contributed by atoms with Crippen LogP contribution in [0.4, 0.5) is 4.79 Å². The van der Waals surface area contributed by atoms with Crippen molar-refractivity contribution in [2.24, 2.45) is 0 Å². The highest BCUT2D eigenvalue weighted by atomic mass is 16.2. The minimum Gasteiger partial charge on any atom is -0.334 e. The van der Waals surface area contributed by atoms with Crippen LogP contribution in [-0.2, 0) is 6.54 Å². The van der Waals surface area contributed by atoms with Gasteiger partial charge in [-0.1, -0.05) is 80.8 Å². The van der Waals surface area contributed by atoms with Crippen LogP contribution < -0.4 is 10.9 Å². The Hall–Kier alpha value is -3.93. The molecule has 6 heteroatoms. The zero-order valence-corrected chi connectivity index (χ0v) is 22.0. The highest BCUT2D eigenvalue weighted by molar-refractivity contribution is 5.78. The second kappa shape index (κ2) is 12.3. The summed E-state index contributed by atoms with van der Waals surface area (Å²) in [5.74, 6) is 0.555. The summed E-state index contributed by atoms with van der Waals surface area (Å²) in [5, 5.41) is 3.64. The Morgan fingerprint density at radius 3 is 2.49 bits per heavy atom. The van der Waals surface area contributed by atoms with Crippen molar-refractivity contribution in [3.63, 3.8) is 0 Å². The van der Waals surface area contributed by atoms with Crippen LogP contribution in [0.5, 0.6) is 0 Å². The van der Waals surface area contributed by atoms with Gasteiger partial charge in [-0.05, 0) is 55.7 Å². The van der Waals surface area contributed by atoms with Crippen LogP contribution in [0.15, 0.2) is 83.7 Å². The molecule has 1 unspecified atom stereocenters. The smallest absolute Gasteiger partial charge is 0.318 e. The van der Waals surface area contributed by atoms with E-state index in [4.69, 9.17) is 4.98 Å². The zero-order valence-electron chi connectivity index (χ0n) is 22.0. The molecule has 2 amide bonds. The third kappa shape index (κ3) is 6.26. The average Bonchev–Trinajstić information content (AvgIpc) is 2.92. The van der Waals surface area contributed by atoms with E-state index in [2.05, 4.69) is 12.2 Å². The molecule has 1 N–H and O–H groups in total. The van der Waals surface area contributed by atoms with Crippen LogP contribution >= 0.6 is 0 Å². The van der Waals surface area contributed by atoms with Crippen LogP contribution in [0.2, 0.25) is 0 Å². The molecule has 1 aromatic heterocycles. The molecule has 1 heterocycles. The molecule has 192 valence electrons. The summed E-state index contributed by atoms with van der Waals surface area (Å²) in [7, 11) is 0. The number of nitrogens with zero attached hydrogens (tertiary/aromatic N) is 3. The van der Waals surface area contributed by atoms with Crippen LogP contribution in [0.25, 0.3) is 16.6 Å². The number of aryl methyl sites for hydroxylation is 1. The molecule has 0 bridgehead atoms.